The molecule has 0 aliphatic rings. The first-order valence-electron chi connectivity index (χ1n) is 6.36. The van der Waals surface area contributed by atoms with Gasteiger partial charge in [0.15, 0.2) is 0 Å². The Kier molecular flexibility index (Phi) is 4.11. The van der Waals surface area contributed by atoms with Crippen molar-refractivity contribution in [2.75, 3.05) is 14.2 Å². The van der Waals surface area contributed by atoms with Gasteiger partial charge < -0.3 is 9.64 Å². The van der Waals surface area contributed by atoms with E-state index in [1.807, 2.05) is 6.92 Å². The number of aromatic amines is 1. The zero-order valence-electron chi connectivity index (χ0n) is 12.7. The van der Waals surface area contributed by atoms with Crippen LogP contribution in [0.25, 0.3) is 0 Å². The number of rotatable bonds is 5. The quantitative estimate of drug-likeness (QED) is 0.639. The van der Waals surface area contributed by atoms with Gasteiger partial charge in [0.1, 0.15) is 0 Å². The van der Waals surface area contributed by atoms with Crippen LogP contribution in [0.3, 0.4) is 0 Å². The van der Waals surface area contributed by atoms with Crippen LogP contribution < -0.4 is 4.74 Å². The molecule has 0 atom stereocenters. The summed E-state index contributed by atoms with van der Waals surface area (Å²) in [6.45, 7) is 2.10. The second-order valence-electron chi connectivity index (χ2n) is 4.79. The zero-order valence-corrected chi connectivity index (χ0v) is 12.7. The highest BCUT2D eigenvalue weighted by atomic mass is 16.6. The fourth-order valence-electron chi connectivity index (χ4n) is 2.10. The summed E-state index contributed by atoms with van der Waals surface area (Å²) in [5.41, 5.74) is 0.958. The van der Waals surface area contributed by atoms with Crippen molar-refractivity contribution < 1.29 is 14.5 Å². The summed E-state index contributed by atoms with van der Waals surface area (Å²) in [5, 5.41) is 21.3. The Hall–Kier alpha value is -2.91. The number of carbonyl (C=O) groups is 1. The van der Waals surface area contributed by atoms with Gasteiger partial charge >= 0.3 is 11.6 Å². The highest BCUT2D eigenvalue weighted by molar-refractivity contribution is 5.96. The van der Waals surface area contributed by atoms with Crippen LogP contribution in [-0.2, 0) is 13.6 Å². The molecule has 1 amide bonds. The van der Waals surface area contributed by atoms with Gasteiger partial charge in [-0.3, -0.25) is 24.7 Å². The Labute approximate surface area is 125 Å². The number of methoxy groups -OCH3 is 1. The standard InChI is InChI=1S/C12H16N6O4/c1-7-8(6-17(3)15-7)5-16(2)12(19)9-10(18(20)21)11(22-4)14-13-9/h6H,5H2,1-4H3,(H,13,14). The van der Waals surface area contributed by atoms with Crippen molar-refractivity contribution in [2.45, 2.75) is 13.5 Å². The molecule has 10 nitrogen and oxygen atoms in total. The SMILES string of the molecule is COc1n[nH]c(C(=O)N(C)Cc2cn(C)nc2C)c1[N+](=O)[O-]. The van der Waals surface area contributed by atoms with Crippen LogP contribution in [0.4, 0.5) is 5.69 Å². The highest BCUT2D eigenvalue weighted by Gasteiger charge is 2.31. The van der Waals surface area contributed by atoms with Gasteiger partial charge in [-0.05, 0) is 6.92 Å². The van der Waals surface area contributed by atoms with Crippen LogP contribution in [0.1, 0.15) is 21.7 Å². The Morgan fingerprint density at radius 1 is 1.59 bits per heavy atom. The first kappa shape index (κ1) is 15.5. The maximum absolute atomic E-state index is 12.4. The average Bonchev–Trinajstić information content (AvgIpc) is 3.01. The predicted octanol–water partition coefficient (Wildman–Crippen LogP) is 0.641. The van der Waals surface area contributed by atoms with Crippen LogP contribution in [0, 0.1) is 17.0 Å². The first-order valence-corrected chi connectivity index (χ1v) is 6.36. The Morgan fingerprint density at radius 3 is 2.77 bits per heavy atom. The Bertz CT molecular complexity index is 719. The van der Waals surface area contributed by atoms with Gasteiger partial charge in [0, 0.05) is 32.4 Å². The molecule has 2 aromatic rings. The molecule has 1 N–H and O–H groups in total. The van der Waals surface area contributed by atoms with Crippen molar-refractivity contribution in [1.29, 1.82) is 0 Å². The summed E-state index contributed by atoms with van der Waals surface area (Å²) >= 11 is 0. The summed E-state index contributed by atoms with van der Waals surface area (Å²) in [4.78, 5) is 24.1. The lowest BCUT2D eigenvalue weighted by atomic mass is 10.2. The summed E-state index contributed by atoms with van der Waals surface area (Å²) in [6.07, 6.45) is 1.79. The second-order valence-corrected chi connectivity index (χ2v) is 4.79. The molecule has 2 aromatic heterocycles. The molecule has 10 heteroatoms. The number of hydrogen-bond acceptors (Lipinski definition) is 6. The minimum absolute atomic E-state index is 0.217. The van der Waals surface area contributed by atoms with Gasteiger partial charge in [-0.1, -0.05) is 0 Å². The number of ether oxygens (including phenoxy) is 1. The lowest BCUT2D eigenvalue weighted by Gasteiger charge is -2.15. The van der Waals surface area contributed by atoms with E-state index in [1.165, 1.54) is 12.0 Å². The molecule has 0 bridgehead atoms. The molecule has 0 saturated heterocycles. The van der Waals surface area contributed by atoms with Gasteiger partial charge in [0.05, 0.1) is 17.7 Å². The first-order chi connectivity index (χ1) is 10.3. The Balaban J connectivity index is 2.26. The number of nitrogens with one attached hydrogen (secondary N) is 1. The molecule has 2 rings (SSSR count). The van der Waals surface area contributed by atoms with E-state index in [0.717, 1.165) is 11.3 Å². The molecule has 118 valence electrons. The Morgan fingerprint density at radius 2 is 2.27 bits per heavy atom. The number of H-pyrrole nitrogens is 1. The molecule has 0 aliphatic carbocycles. The predicted molar refractivity (Wildman–Crippen MR) is 75.5 cm³/mol. The number of carbonyl (C=O) groups excluding carboxylic acids is 1. The maximum atomic E-state index is 12.4. The smallest absolute Gasteiger partial charge is 0.362 e. The van der Waals surface area contributed by atoms with E-state index in [9.17, 15) is 14.9 Å². The third-order valence-electron chi connectivity index (χ3n) is 3.17. The molecule has 0 saturated carbocycles. The lowest BCUT2D eigenvalue weighted by Crippen LogP contribution is -2.27. The van der Waals surface area contributed by atoms with E-state index in [1.54, 1.807) is 25.0 Å². The van der Waals surface area contributed by atoms with Crippen molar-refractivity contribution in [3.8, 4) is 5.88 Å². The van der Waals surface area contributed by atoms with Gasteiger partial charge in [-0.2, -0.15) is 5.10 Å². The molecule has 0 spiro atoms. The molecular formula is C12H16N6O4. The molecule has 2 heterocycles. The maximum Gasteiger partial charge on any atom is 0.362 e. The minimum Gasteiger partial charge on any atom is -0.475 e. The summed E-state index contributed by atoms with van der Waals surface area (Å²) in [5.74, 6) is -0.773. The van der Waals surface area contributed by atoms with E-state index < -0.39 is 16.5 Å². The van der Waals surface area contributed by atoms with Crippen LogP contribution >= 0.6 is 0 Å². The van der Waals surface area contributed by atoms with Crippen molar-refractivity contribution in [3.63, 3.8) is 0 Å². The normalized spacial score (nSPS) is 10.5. The van der Waals surface area contributed by atoms with Gasteiger partial charge in [-0.15, -0.1) is 5.10 Å². The largest absolute Gasteiger partial charge is 0.475 e. The fourth-order valence-corrected chi connectivity index (χ4v) is 2.10. The van der Waals surface area contributed by atoms with E-state index in [0.29, 0.717) is 0 Å². The van der Waals surface area contributed by atoms with Crippen LogP contribution in [0.2, 0.25) is 0 Å². The number of hydrogen-bond donors (Lipinski definition) is 1. The van der Waals surface area contributed by atoms with E-state index >= 15 is 0 Å². The number of nitrogens with zero attached hydrogens (tertiary/aromatic N) is 5. The minimum atomic E-state index is -0.696. The molecule has 0 fully saturated rings. The van der Waals surface area contributed by atoms with Gasteiger partial charge in [-0.25, -0.2) is 0 Å². The number of aryl methyl sites for hydroxylation is 2. The molecular weight excluding hydrogens is 292 g/mol. The highest BCUT2D eigenvalue weighted by Crippen LogP contribution is 2.28. The summed E-state index contributed by atoms with van der Waals surface area (Å²) in [7, 11) is 4.58. The molecule has 0 radical (unpaired) electrons. The number of amides is 1. The fraction of sp³-hybridized carbons (Fsp3) is 0.417. The molecule has 0 aromatic carbocycles. The lowest BCUT2D eigenvalue weighted by molar-refractivity contribution is -0.386. The van der Waals surface area contributed by atoms with E-state index in [2.05, 4.69) is 15.3 Å². The second kappa shape index (κ2) is 5.84. The molecule has 22 heavy (non-hydrogen) atoms. The number of nitro groups is 1. The number of aromatic nitrogens is 4. The molecule has 0 unspecified atom stereocenters. The summed E-state index contributed by atoms with van der Waals surface area (Å²) in [6, 6.07) is 0. The summed E-state index contributed by atoms with van der Waals surface area (Å²) < 4.78 is 6.43. The van der Waals surface area contributed by atoms with Crippen molar-refractivity contribution in [2.24, 2.45) is 7.05 Å². The van der Waals surface area contributed by atoms with E-state index in [4.69, 9.17) is 4.74 Å². The third kappa shape index (κ3) is 2.75. The van der Waals surface area contributed by atoms with Crippen LogP contribution in [0.5, 0.6) is 5.88 Å². The van der Waals surface area contributed by atoms with E-state index in [-0.39, 0.29) is 18.1 Å². The average molecular weight is 308 g/mol. The van der Waals surface area contributed by atoms with Gasteiger partial charge in [0.25, 0.3) is 5.91 Å². The van der Waals surface area contributed by atoms with Crippen LogP contribution in [-0.4, -0.2) is 49.9 Å². The van der Waals surface area contributed by atoms with Crippen molar-refractivity contribution in [1.82, 2.24) is 24.9 Å². The van der Waals surface area contributed by atoms with Crippen LogP contribution in [0.15, 0.2) is 6.20 Å². The third-order valence-corrected chi connectivity index (χ3v) is 3.17. The van der Waals surface area contributed by atoms with Crippen molar-refractivity contribution >= 4 is 11.6 Å². The van der Waals surface area contributed by atoms with Gasteiger partial charge in [0.2, 0.25) is 5.69 Å². The molecule has 0 aliphatic heterocycles. The monoisotopic (exact) mass is 308 g/mol. The zero-order chi connectivity index (χ0) is 16.4. The topological polar surface area (TPSA) is 119 Å². The van der Waals surface area contributed by atoms with Crippen molar-refractivity contribution in [3.05, 3.63) is 33.3 Å².